The third-order valence-electron chi connectivity index (χ3n) is 4.45. The van der Waals surface area contributed by atoms with Gasteiger partial charge >= 0.3 is 11.9 Å². The summed E-state index contributed by atoms with van der Waals surface area (Å²) in [6, 6.07) is 18.3. The van der Waals surface area contributed by atoms with Crippen molar-refractivity contribution in [2.24, 2.45) is 0 Å². The van der Waals surface area contributed by atoms with Crippen LogP contribution in [0.3, 0.4) is 0 Å². The number of carbonyl (C=O) groups is 3. The Morgan fingerprint density at radius 3 is 2.16 bits per heavy atom. The lowest BCUT2D eigenvalue weighted by atomic mass is 10.1. The Balaban J connectivity index is 1.60. The molecular weight excluding hydrogens is 402 g/mol. The molecule has 0 aliphatic rings. The molecule has 0 aromatic heterocycles. The van der Waals surface area contributed by atoms with E-state index in [-0.39, 0.29) is 28.1 Å². The summed E-state index contributed by atoms with van der Waals surface area (Å²) in [6.45, 7) is 0.899. The molecule has 0 N–H and O–H groups in total. The zero-order chi connectivity index (χ0) is 22.4. The van der Waals surface area contributed by atoms with Crippen LogP contribution < -0.4 is 4.74 Å². The van der Waals surface area contributed by atoms with Gasteiger partial charge in [-0.15, -0.1) is 0 Å². The minimum atomic E-state index is -0.831. The molecule has 3 aromatic rings. The van der Waals surface area contributed by atoms with Crippen LogP contribution in [-0.4, -0.2) is 29.3 Å². The Morgan fingerprint density at radius 1 is 0.839 bits per heavy atom. The second kappa shape index (κ2) is 9.45. The molecule has 156 valence electrons. The van der Waals surface area contributed by atoms with Crippen LogP contribution in [0.4, 0.5) is 5.69 Å². The molecule has 0 spiro atoms. The third kappa shape index (κ3) is 5.18. The minimum absolute atomic E-state index is 0.0187. The number of Topliss-reactive ketones (excluding diaryl/α,β-unsaturated/α-hetero) is 1. The second-order valence-corrected chi connectivity index (χ2v) is 6.49. The summed E-state index contributed by atoms with van der Waals surface area (Å²) in [5, 5.41) is 11.0. The van der Waals surface area contributed by atoms with Gasteiger partial charge in [0.1, 0.15) is 5.75 Å². The highest BCUT2D eigenvalue weighted by Gasteiger charge is 2.20. The van der Waals surface area contributed by atoms with Gasteiger partial charge in [-0.1, -0.05) is 24.3 Å². The van der Waals surface area contributed by atoms with Gasteiger partial charge in [0.2, 0.25) is 0 Å². The van der Waals surface area contributed by atoms with Crippen molar-refractivity contribution in [3.63, 3.8) is 0 Å². The van der Waals surface area contributed by atoms with Crippen LogP contribution in [0.2, 0.25) is 0 Å². The van der Waals surface area contributed by atoms with E-state index < -0.39 is 29.3 Å². The third-order valence-corrected chi connectivity index (χ3v) is 4.45. The lowest BCUT2D eigenvalue weighted by Crippen LogP contribution is -2.15. The number of nitro benzene ring substituents is 1. The normalized spacial score (nSPS) is 10.2. The van der Waals surface area contributed by atoms with Crippen molar-refractivity contribution in [3.8, 4) is 5.75 Å². The van der Waals surface area contributed by atoms with Crippen molar-refractivity contribution < 1.29 is 28.8 Å². The largest absolute Gasteiger partial charge is 0.454 e. The van der Waals surface area contributed by atoms with E-state index in [0.29, 0.717) is 5.56 Å². The minimum Gasteiger partial charge on any atom is -0.454 e. The van der Waals surface area contributed by atoms with E-state index in [2.05, 4.69) is 0 Å². The van der Waals surface area contributed by atoms with Gasteiger partial charge in [0.15, 0.2) is 12.4 Å². The van der Waals surface area contributed by atoms with Crippen molar-refractivity contribution in [2.75, 3.05) is 6.61 Å². The molecule has 0 amide bonds. The lowest BCUT2D eigenvalue weighted by molar-refractivity contribution is -0.385. The first-order valence-electron chi connectivity index (χ1n) is 9.18. The number of nitro groups is 1. The van der Waals surface area contributed by atoms with E-state index in [1.807, 2.05) is 0 Å². The zero-order valence-corrected chi connectivity index (χ0v) is 16.4. The Kier molecular flexibility index (Phi) is 6.51. The van der Waals surface area contributed by atoms with Gasteiger partial charge in [0.25, 0.3) is 5.69 Å². The standard InChI is InChI=1S/C23H17NO7/c1-15-19(8-5-9-20(15)24(28)29)23(27)30-14-21(25)16-10-12-18(13-11-16)31-22(26)17-6-3-2-4-7-17/h2-13H,14H2,1H3. The molecule has 0 radical (unpaired) electrons. The molecule has 3 aromatic carbocycles. The number of esters is 2. The Hall–Kier alpha value is -4.33. The molecule has 0 fully saturated rings. The highest BCUT2D eigenvalue weighted by atomic mass is 16.6. The molecule has 8 heteroatoms. The first-order chi connectivity index (χ1) is 14.9. The van der Waals surface area contributed by atoms with Crippen LogP contribution in [0.15, 0.2) is 72.8 Å². The summed E-state index contributed by atoms with van der Waals surface area (Å²) in [5.74, 6) is -1.57. The Morgan fingerprint density at radius 2 is 1.52 bits per heavy atom. The summed E-state index contributed by atoms with van der Waals surface area (Å²) < 4.78 is 10.3. The van der Waals surface area contributed by atoms with E-state index in [1.54, 1.807) is 30.3 Å². The first-order valence-corrected chi connectivity index (χ1v) is 9.18. The first kappa shape index (κ1) is 21.4. The van der Waals surface area contributed by atoms with E-state index in [4.69, 9.17) is 9.47 Å². The molecule has 0 saturated carbocycles. The number of ether oxygens (including phenoxy) is 2. The molecule has 0 heterocycles. The van der Waals surface area contributed by atoms with E-state index >= 15 is 0 Å². The topological polar surface area (TPSA) is 113 Å². The number of rotatable bonds is 7. The van der Waals surface area contributed by atoms with Crippen LogP contribution in [0.5, 0.6) is 5.75 Å². The van der Waals surface area contributed by atoms with Gasteiger partial charge in [0.05, 0.1) is 16.1 Å². The highest BCUT2D eigenvalue weighted by Crippen LogP contribution is 2.22. The van der Waals surface area contributed by atoms with Gasteiger partial charge in [0, 0.05) is 17.2 Å². The summed E-state index contributed by atoms with van der Waals surface area (Å²) in [5.41, 5.74) is 0.621. The maximum atomic E-state index is 12.3. The molecule has 0 unspecified atom stereocenters. The smallest absolute Gasteiger partial charge is 0.343 e. The van der Waals surface area contributed by atoms with E-state index in [1.165, 1.54) is 49.4 Å². The summed E-state index contributed by atoms with van der Waals surface area (Å²) in [6.07, 6.45) is 0. The monoisotopic (exact) mass is 419 g/mol. The van der Waals surface area contributed by atoms with Crippen molar-refractivity contribution >= 4 is 23.4 Å². The number of hydrogen-bond acceptors (Lipinski definition) is 7. The average molecular weight is 419 g/mol. The second-order valence-electron chi connectivity index (χ2n) is 6.49. The van der Waals surface area contributed by atoms with Crippen LogP contribution in [-0.2, 0) is 4.74 Å². The Labute approximate surface area is 177 Å². The van der Waals surface area contributed by atoms with Crippen LogP contribution in [0.25, 0.3) is 0 Å². The fourth-order valence-corrected chi connectivity index (χ4v) is 2.78. The van der Waals surface area contributed by atoms with Gasteiger partial charge in [-0.05, 0) is 49.4 Å². The van der Waals surface area contributed by atoms with Gasteiger partial charge in [-0.25, -0.2) is 9.59 Å². The molecular formula is C23H17NO7. The number of ketones is 1. The number of benzene rings is 3. The molecule has 3 rings (SSSR count). The van der Waals surface area contributed by atoms with Crippen molar-refractivity contribution in [1.82, 2.24) is 0 Å². The molecule has 0 atom stereocenters. The summed E-state index contributed by atoms with van der Waals surface area (Å²) >= 11 is 0. The maximum Gasteiger partial charge on any atom is 0.343 e. The maximum absolute atomic E-state index is 12.3. The van der Waals surface area contributed by atoms with Gasteiger partial charge < -0.3 is 9.47 Å². The summed E-state index contributed by atoms with van der Waals surface area (Å²) in [4.78, 5) is 47.0. The van der Waals surface area contributed by atoms with Crippen LogP contribution >= 0.6 is 0 Å². The fraction of sp³-hybridized carbons (Fsp3) is 0.0870. The molecule has 0 aliphatic heterocycles. The molecule has 31 heavy (non-hydrogen) atoms. The molecule has 0 bridgehead atoms. The summed E-state index contributed by atoms with van der Waals surface area (Å²) in [7, 11) is 0. The Bertz CT molecular complexity index is 1140. The SMILES string of the molecule is Cc1c(C(=O)OCC(=O)c2ccc(OC(=O)c3ccccc3)cc2)cccc1[N+](=O)[O-]. The zero-order valence-electron chi connectivity index (χ0n) is 16.4. The van der Waals surface area contributed by atoms with Crippen molar-refractivity contribution in [1.29, 1.82) is 0 Å². The number of carbonyl (C=O) groups excluding carboxylic acids is 3. The molecule has 8 nitrogen and oxygen atoms in total. The number of nitrogens with zero attached hydrogens (tertiary/aromatic N) is 1. The van der Waals surface area contributed by atoms with E-state index in [0.717, 1.165) is 0 Å². The highest BCUT2D eigenvalue weighted by molar-refractivity contribution is 6.00. The van der Waals surface area contributed by atoms with E-state index in [9.17, 15) is 24.5 Å². The van der Waals surface area contributed by atoms with Gasteiger partial charge in [-0.3, -0.25) is 14.9 Å². The quantitative estimate of drug-likeness (QED) is 0.186. The predicted octanol–water partition coefficient (Wildman–Crippen LogP) is 4.16. The lowest BCUT2D eigenvalue weighted by Gasteiger charge is -2.08. The van der Waals surface area contributed by atoms with Crippen molar-refractivity contribution in [3.05, 3.63) is 105 Å². The molecule has 0 saturated heterocycles. The van der Waals surface area contributed by atoms with Crippen molar-refractivity contribution in [2.45, 2.75) is 6.92 Å². The predicted molar refractivity (Wildman–Crippen MR) is 110 cm³/mol. The number of hydrogen-bond donors (Lipinski definition) is 0. The van der Waals surface area contributed by atoms with Crippen LogP contribution in [0.1, 0.15) is 36.6 Å². The van der Waals surface area contributed by atoms with Gasteiger partial charge in [-0.2, -0.15) is 0 Å². The fourth-order valence-electron chi connectivity index (χ4n) is 2.78. The molecule has 0 aliphatic carbocycles. The average Bonchev–Trinajstić information content (AvgIpc) is 2.78. The van der Waals surface area contributed by atoms with Crippen LogP contribution in [0, 0.1) is 17.0 Å².